The van der Waals surface area contributed by atoms with E-state index in [1.807, 2.05) is 30.3 Å². The molecule has 3 N–H and O–H groups in total. The van der Waals surface area contributed by atoms with Crippen LogP contribution in [0.3, 0.4) is 0 Å². The fraction of sp³-hybridized carbons (Fsp3) is 0.167. The molecular weight excluding hydrogens is 348 g/mol. The van der Waals surface area contributed by atoms with E-state index in [1.54, 1.807) is 6.07 Å². The molecule has 0 saturated carbocycles. The molecule has 2 aromatic carbocycles. The molecule has 0 bridgehead atoms. The van der Waals surface area contributed by atoms with Gasteiger partial charge in [0, 0.05) is 12.0 Å². The van der Waals surface area contributed by atoms with Crippen LogP contribution < -0.4 is 15.8 Å². The standard InChI is InChI=1S/C18H18N6O3/c1-27-16-8-7-13(17(19)25)10-14(16)21-18(26)15(24-11-20-22-23-24)9-12-5-3-2-4-6-12/h2-8,10-11,15H,9H2,1H3,(H2,19,25)(H,21,26). The van der Waals surface area contributed by atoms with E-state index in [9.17, 15) is 9.59 Å². The van der Waals surface area contributed by atoms with Crippen molar-refractivity contribution in [2.75, 3.05) is 12.4 Å². The Labute approximate surface area is 155 Å². The lowest BCUT2D eigenvalue weighted by Crippen LogP contribution is -2.28. The monoisotopic (exact) mass is 366 g/mol. The highest BCUT2D eigenvalue weighted by Crippen LogP contribution is 2.27. The largest absolute Gasteiger partial charge is 0.495 e. The molecule has 9 nitrogen and oxygen atoms in total. The fourth-order valence-corrected chi connectivity index (χ4v) is 2.63. The summed E-state index contributed by atoms with van der Waals surface area (Å²) < 4.78 is 6.64. The summed E-state index contributed by atoms with van der Waals surface area (Å²) >= 11 is 0. The molecule has 3 aromatic rings. The average Bonchev–Trinajstić information content (AvgIpc) is 3.21. The van der Waals surface area contributed by atoms with E-state index < -0.39 is 11.9 Å². The third kappa shape index (κ3) is 4.27. The number of methoxy groups -OCH3 is 1. The Bertz CT molecular complexity index is 928. The second-order valence-electron chi connectivity index (χ2n) is 5.76. The Hall–Kier alpha value is -3.75. The minimum absolute atomic E-state index is 0.258. The van der Waals surface area contributed by atoms with Gasteiger partial charge >= 0.3 is 0 Å². The fourth-order valence-electron chi connectivity index (χ4n) is 2.63. The van der Waals surface area contributed by atoms with Crippen LogP contribution in [0.4, 0.5) is 5.69 Å². The highest BCUT2D eigenvalue weighted by atomic mass is 16.5. The molecule has 0 fully saturated rings. The maximum Gasteiger partial charge on any atom is 0.249 e. The summed E-state index contributed by atoms with van der Waals surface area (Å²) in [6.45, 7) is 0. The first kappa shape index (κ1) is 18.1. The summed E-state index contributed by atoms with van der Waals surface area (Å²) in [4.78, 5) is 24.4. The third-order valence-electron chi connectivity index (χ3n) is 4.00. The molecule has 0 radical (unpaired) electrons. The van der Waals surface area contributed by atoms with Crippen molar-refractivity contribution < 1.29 is 14.3 Å². The van der Waals surface area contributed by atoms with Crippen LogP contribution in [0.2, 0.25) is 0 Å². The SMILES string of the molecule is COc1ccc(C(N)=O)cc1NC(=O)C(Cc1ccccc1)n1cnnn1. The maximum absolute atomic E-state index is 13.0. The number of rotatable bonds is 7. The quantitative estimate of drug-likeness (QED) is 0.647. The Balaban J connectivity index is 1.89. The number of ether oxygens (including phenoxy) is 1. The van der Waals surface area contributed by atoms with E-state index in [-0.39, 0.29) is 11.5 Å². The van der Waals surface area contributed by atoms with E-state index in [4.69, 9.17) is 10.5 Å². The summed E-state index contributed by atoms with van der Waals surface area (Å²) in [6, 6.07) is 13.4. The topological polar surface area (TPSA) is 125 Å². The first-order valence-corrected chi connectivity index (χ1v) is 8.13. The second-order valence-corrected chi connectivity index (χ2v) is 5.76. The molecule has 0 aliphatic rings. The van der Waals surface area contributed by atoms with Gasteiger partial charge in [0.2, 0.25) is 11.8 Å². The van der Waals surface area contributed by atoms with Gasteiger partial charge in [-0.05, 0) is 34.2 Å². The number of anilines is 1. The van der Waals surface area contributed by atoms with E-state index >= 15 is 0 Å². The Kier molecular flexibility index (Phi) is 5.41. The van der Waals surface area contributed by atoms with E-state index in [0.717, 1.165) is 5.56 Å². The minimum Gasteiger partial charge on any atom is -0.495 e. The molecule has 138 valence electrons. The number of primary amides is 1. The van der Waals surface area contributed by atoms with Crippen LogP contribution >= 0.6 is 0 Å². The summed E-state index contributed by atoms with van der Waals surface area (Å²) in [5, 5.41) is 13.9. The van der Waals surface area contributed by atoms with Crippen molar-refractivity contribution in [2.24, 2.45) is 5.73 Å². The van der Waals surface area contributed by atoms with Gasteiger partial charge in [-0.1, -0.05) is 30.3 Å². The third-order valence-corrected chi connectivity index (χ3v) is 4.00. The Morgan fingerprint density at radius 2 is 2.00 bits per heavy atom. The summed E-state index contributed by atoms with van der Waals surface area (Å²) in [7, 11) is 1.47. The van der Waals surface area contributed by atoms with Gasteiger partial charge in [0.15, 0.2) is 0 Å². The predicted molar refractivity (Wildman–Crippen MR) is 97.1 cm³/mol. The summed E-state index contributed by atoms with van der Waals surface area (Å²) in [5.41, 5.74) is 6.87. The number of carbonyl (C=O) groups is 2. The van der Waals surface area contributed by atoms with Crippen molar-refractivity contribution in [3.8, 4) is 5.75 Å². The molecule has 9 heteroatoms. The molecule has 3 rings (SSSR count). The molecular formula is C18H18N6O3. The first-order chi connectivity index (χ1) is 13.1. The number of aromatic nitrogens is 4. The lowest BCUT2D eigenvalue weighted by Gasteiger charge is -2.18. The number of carbonyl (C=O) groups excluding carboxylic acids is 2. The van der Waals surface area contributed by atoms with Crippen LogP contribution in [0.5, 0.6) is 5.75 Å². The van der Waals surface area contributed by atoms with Crippen molar-refractivity contribution >= 4 is 17.5 Å². The summed E-state index contributed by atoms with van der Waals surface area (Å²) in [6.07, 6.45) is 1.76. The van der Waals surface area contributed by atoms with E-state index in [1.165, 1.54) is 30.3 Å². The second kappa shape index (κ2) is 8.09. The van der Waals surface area contributed by atoms with Crippen LogP contribution in [0, 0.1) is 0 Å². The number of benzene rings is 2. The van der Waals surface area contributed by atoms with E-state index in [0.29, 0.717) is 17.9 Å². The van der Waals surface area contributed by atoms with Crippen LogP contribution in [0.1, 0.15) is 22.0 Å². The molecule has 0 spiro atoms. The Morgan fingerprint density at radius 3 is 2.63 bits per heavy atom. The van der Waals surface area contributed by atoms with Crippen LogP contribution in [-0.4, -0.2) is 39.1 Å². The highest BCUT2D eigenvalue weighted by molar-refractivity contribution is 5.98. The number of amides is 2. The molecule has 1 unspecified atom stereocenters. The van der Waals surface area contributed by atoms with Gasteiger partial charge in [0.25, 0.3) is 0 Å². The van der Waals surface area contributed by atoms with Crippen LogP contribution in [0.15, 0.2) is 54.9 Å². The molecule has 27 heavy (non-hydrogen) atoms. The van der Waals surface area contributed by atoms with Crippen LogP contribution in [0.25, 0.3) is 0 Å². The van der Waals surface area contributed by atoms with Crippen molar-refractivity contribution in [1.29, 1.82) is 0 Å². The molecule has 1 aromatic heterocycles. The number of hydrogen-bond acceptors (Lipinski definition) is 6. The molecule has 1 atom stereocenters. The predicted octanol–water partition coefficient (Wildman–Crippen LogP) is 1.20. The molecule has 0 saturated heterocycles. The molecule has 1 heterocycles. The van der Waals surface area contributed by atoms with Crippen LogP contribution in [-0.2, 0) is 11.2 Å². The van der Waals surface area contributed by atoms with Gasteiger partial charge < -0.3 is 15.8 Å². The van der Waals surface area contributed by atoms with Gasteiger partial charge in [0.05, 0.1) is 12.8 Å². The minimum atomic E-state index is -0.690. The number of nitrogens with two attached hydrogens (primary N) is 1. The van der Waals surface area contributed by atoms with Crippen molar-refractivity contribution in [3.63, 3.8) is 0 Å². The van der Waals surface area contributed by atoms with Gasteiger partial charge in [-0.15, -0.1) is 5.10 Å². The number of nitrogens with one attached hydrogen (secondary N) is 1. The zero-order valence-electron chi connectivity index (χ0n) is 14.6. The average molecular weight is 366 g/mol. The lowest BCUT2D eigenvalue weighted by atomic mass is 10.1. The molecule has 0 aliphatic heterocycles. The highest BCUT2D eigenvalue weighted by Gasteiger charge is 2.23. The molecule has 0 aliphatic carbocycles. The zero-order valence-corrected chi connectivity index (χ0v) is 14.6. The summed E-state index contributed by atoms with van der Waals surface area (Å²) in [5.74, 6) is -0.552. The lowest BCUT2D eigenvalue weighted by molar-refractivity contribution is -0.119. The maximum atomic E-state index is 13.0. The van der Waals surface area contributed by atoms with Crippen molar-refractivity contribution in [1.82, 2.24) is 20.2 Å². The van der Waals surface area contributed by atoms with Gasteiger partial charge in [-0.2, -0.15) is 0 Å². The Morgan fingerprint density at radius 1 is 1.22 bits per heavy atom. The van der Waals surface area contributed by atoms with Gasteiger partial charge in [0.1, 0.15) is 18.1 Å². The molecule has 2 amide bonds. The normalized spacial score (nSPS) is 11.6. The number of nitrogens with zero attached hydrogens (tertiary/aromatic N) is 4. The number of tetrazole rings is 1. The number of hydrogen-bond donors (Lipinski definition) is 2. The van der Waals surface area contributed by atoms with Crippen molar-refractivity contribution in [3.05, 3.63) is 66.0 Å². The first-order valence-electron chi connectivity index (χ1n) is 8.13. The van der Waals surface area contributed by atoms with Gasteiger partial charge in [-0.25, -0.2) is 4.68 Å². The van der Waals surface area contributed by atoms with Gasteiger partial charge in [-0.3, -0.25) is 9.59 Å². The smallest absolute Gasteiger partial charge is 0.249 e. The van der Waals surface area contributed by atoms with Crippen molar-refractivity contribution in [2.45, 2.75) is 12.5 Å². The van der Waals surface area contributed by atoms with E-state index in [2.05, 4.69) is 20.8 Å². The zero-order chi connectivity index (χ0) is 19.2.